The van der Waals surface area contributed by atoms with E-state index in [2.05, 4.69) is 136 Å². The smallest absolute Gasteiger partial charge is 0.0958 e. The molecule has 0 fully saturated rings. The molecular weight excluding hydrogens is 641 g/mol. The molecule has 1 unspecified atom stereocenters. The molecule has 0 radical (unpaired) electrons. The van der Waals surface area contributed by atoms with Crippen LogP contribution in [0.15, 0.2) is 96.2 Å². The number of benzene rings is 3. The minimum atomic E-state index is 0.128. The second-order valence-corrected chi connectivity index (χ2v) is 17.0. The lowest BCUT2D eigenvalue weighted by atomic mass is 9.87. The number of aryl methyl sites for hydroxylation is 1. The fraction of sp³-hybridized carbons (Fsp3) is 0.569. The normalized spacial score (nSPS) is 14.8. The van der Waals surface area contributed by atoms with Crippen LogP contribution in [0.3, 0.4) is 0 Å². The van der Waals surface area contributed by atoms with Gasteiger partial charge in [0.05, 0.1) is 17.4 Å². The summed E-state index contributed by atoms with van der Waals surface area (Å²) < 4.78 is 0. The lowest BCUT2D eigenvalue weighted by Crippen LogP contribution is -2.34. The molecule has 0 amide bonds. The molecule has 53 heavy (non-hydrogen) atoms. The van der Waals surface area contributed by atoms with Crippen LogP contribution < -0.4 is 10.4 Å². The monoisotopic (exact) mass is 717 g/mol. The van der Waals surface area contributed by atoms with Crippen LogP contribution >= 0.6 is 0 Å². The van der Waals surface area contributed by atoms with E-state index in [0.29, 0.717) is 0 Å². The predicted octanol–water partition coefficient (Wildman–Crippen LogP) is 15.8. The Morgan fingerprint density at radius 3 is 1.62 bits per heavy atom. The number of hydrogen-bond acceptors (Lipinski definition) is 2. The van der Waals surface area contributed by atoms with E-state index in [1.54, 1.807) is 0 Å². The zero-order valence-electron chi connectivity index (χ0n) is 34.7. The van der Waals surface area contributed by atoms with Gasteiger partial charge in [-0.3, -0.25) is 10.4 Å². The van der Waals surface area contributed by atoms with Crippen molar-refractivity contribution in [3.05, 3.63) is 118 Å². The highest BCUT2D eigenvalue weighted by molar-refractivity contribution is 5.62. The van der Waals surface area contributed by atoms with Gasteiger partial charge in [0.1, 0.15) is 0 Å². The summed E-state index contributed by atoms with van der Waals surface area (Å²) in [7, 11) is 0. The topological polar surface area (TPSA) is 15.3 Å². The first-order valence-corrected chi connectivity index (χ1v) is 22.1. The molecule has 0 aromatic heterocycles. The second-order valence-electron chi connectivity index (χ2n) is 17.0. The van der Waals surface area contributed by atoms with Gasteiger partial charge in [-0.2, -0.15) is 0 Å². The Bertz CT molecular complexity index is 1440. The number of anilines is 1. The SMILES string of the molecule is CCCCCCCCCCCCC(=Cc1ccccc1)C1=CC(c2ccc(CCCCCCCCCCCC)cc2)N(c2ccc(C(C)(C)C)cc2)N1. The Morgan fingerprint density at radius 2 is 1.09 bits per heavy atom. The molecule has 2 heteroatoms. The van der Waals surface area contributed by atoms with E-state index in [9.17, 15) is 0 Å². The highest BCUT2D eigenvalue weighted by Crippen LogP contribution is 2.37. The summed E-state index contributed by atoms with van der Waals surface area (Å²) in [5.41, 5.74) is 13.4. The molecule has 0 aliphatic carbocycles. The standard InChI is InChI=1S/C51H76N2/c1-6-8-10-12-14-16-18-20-22-25-29-43-33-35-45(36-34-43)50-42-49(52-53(50)48-39-37-47(38-40-48)51(3,4)5)46(41-44-30-26-24-27-31-44)32-28-23-21-19-17-15-13-11-9-7-2/h24,26-27,30-31,33-42,50,52H,6-23,25,28-29,32H2,1-5H3. The summed E-state index contributed by atoms with van der Waals surface area (Å²) in [6, 6.07) is 29.8. The van der Waals surface area contributed by atoms with E-state index < -0.39 is 0 Å². The Morgan fingerprint density at radius 1 is 0.585 bits per heavy atom. The Hall–Kier alpha value is -3.26. The van der Waals surface area contributed by atoms with Crippen LogP contribution in [0.1, 0.15) is 198 Å². The molecule has 3 aromatic carbocycles. The number of unbranched alkanes of at least 4 members (excludes halogenated alkanes) is 18. The predicted molar refractivity (Wildman–Crippen MR) is 234 cm³/mol. The number of nitrogens with zero attached hydrogens (tertiary/aromatic N) is 1. The van der Waals surface area contributed by atoms with Crippen molar-refractivity contribution in [3.63, 3.8) is 0 Å². The summed E-state index contributed by atoms with van der Waals surface area (Å²) in [6.45, 7) is 11.5. The van der Waals surface area contributed by atoms with Gasteiger partial charge in [0, 0.05) is 0 Å². The lowest BCUT2D eigenvalue weighted by molar-refractivity contribution is 0.556. The average Bonchev–Trinajstić information content (AvgIpc) is 3.62. The molecule has 0 saturated heterocycles. The molecule has 1 heterocycles. The van der Waals surface area contributed by atoms with Crippen molar-refractivity contribution < 1.29 is 0 Å². The molecule has 290 valence electrons. The van der Waals surface area contributed by atoms with Gasteiger partial charge in [0.2, 0.25) is 0 Å². The maximum atomic E-state index is 3.93. The fourth-order valence-corrected chi connectivity index (χ4v) is 7.78. The number of nitrogens with one attached hydrogen (secondary N) is 1. The quantitative estimate of drug-likeness (QED) is 0.0832. The first kappa shape index (κ1) is 42.5. The minimum Gasteiger partial charge on any atom is -0.297 e. The number of allylic oxidation sites excluding steroid dienone is 1. The molecule has 4 rings (SSSR count). The summed E-state index contributed by atoms with van der Waals surface area (Å²) in [4.78, 5) is 0. The first-order valence-electron chi connectivity index (χ1n) is 22.1. The zero-order valence-corrected chi connectivity index (χ0v) is 34.7. The van der Waals surface area contributed by atoms with Crippen LogP contribution in [0.25, 0.3) is 6.08 Å². The van der Waals surface area contributed by atoms with E-state index in [-0.39, 0.29) is 11.5 Å². The molecule has 3 aromatic rings. The number of hydrogen-bond donors (Lipinski definition) is 1. The van der Waals surface area contributed by atoms with E-state index in [4.69, 9.17) is 0 Å². The molecule has 0 spiro atoms. The van der Waals surface area contributed by atoms with Crippen molar-refractivity contribution in [2.24, 2.45) is 0 Å². The van der Waals surface area contributed by atoms with E-state index in [0.717, 1.165) is 6.42 Å². The highest BCUT2D eigenvalue weighted by Gasteiger charge is 2.28. The van der Waals surface area contributed by atoms with Crippen molar-refractivity contribution in [1.29, 1.82) is 0 Å². The van der Waals surface area contributed by atoms with Crippen LogP contribution in [0, 0.1) is 0 Å². The molecule has 1 N–H and O–H groups in total. The maximum absolute atomic E-state index is 3.93. The van der Waals surface area contributed by atoms with Crippen molar-refractivity contribution >= 4 is 11.8 Å². The van der Waals surface area contributed by atoms with Crippen molar-refractivity contribution in [1.82, 2.24) is 5.43 Å². The molecule has 1 aliphatic rings. The summed E-state index contributed by atoms with van der Waals surface area (Å²) in [5, 5.41) is 2.40. The third kappa shape index (κ3) is 15.6. The Labute approximate surface area is 326 Å². The van der Waals surface area contributed by atoms with Gasteiger partial charge in [0.15, 0.2) is 0 Å². The fourth-order valence-electron chi connectivity index (χ4n) is 7.78. The number of hydrazine groups is 1. The molecule has 0 bridgehead atoms. The third-order valence-electron chi connectivity index (χ3n) is 11.3. The highest BCUT2D eigenvalue weighted by atomic mass is 15.5. The maximum Gasteiger partial charge on any atom is 0.0958 e. The van der Waals surface area contributed by atoms with Crippen LogP contribution in [-0.2, 0) is 11.8 Å². The Balaban J connectivity index is 1.43. The van der Waals surface area contributed by atoms with E-state index in [1.165, 1.54) is 174 Å². The molecule has 0 saturated carbocycles. The molecule has 2 nitrogen and oxygen atoms in total. The van der Waals surface area contributed by atoms with E-state index >= 15 is 0 Å². The van der Waals surface area contributed by atoms with Gasteiger partial charge in [-0.15, -0.1) is 0 Å². The third-order valence-corrected chi connectivity index (χ3v) is 11.3. The van der Waals surface area contributed by atoms with Gasteiger partial charge >= 0.3 is 0 Å². The molecule has 1 atom stereocenters. The van der Waals surface area contributed by atoms with Crippen LogP contribution in [0.4, 0.5) is 5.69 Å². The first-order chi connectivity index (χ1) is 25.9. The van der Waals surface area contributed by atoms with Crippen LogP contribution in [-0.4, -0.2) is 0 Å². The Kier molecular flexibility index (Phi) is 19.4. The van der Waals surface area contributed by atoms with Crippen molar-refractivity contribution in [2.75, 3.05) is 5.01 Å². The molecule has 1 aliphatic heterocycles. The van der Waals surface area contributed by atoms with Crippen molar-refractivity contribution in [3.8, 4) is 0 Å². The van der Waals surface area contributed by atoms with E-state index in [1.807, 2.05) is 0 Å². The van der Waals surface area contributed by atoms with Gasteiger partial charge in [0.25, 0.3) is 0 Å². The van der Waals surface area contributed by atoms with Crippen molar-refractivity contribution in [2.45, 2.75) is 187 Å². The second kappa shape index (κ2) is 24.2. The van der Waals surface area contributed by atoms with Gasteiger partial charge < -0.3 is 0 Å². The zero-order chi connectivity index (χ0) is 37.6. The number of rotatable bonds is 26. The molecular formula is C51H76N2. The van der Waals surface area contributed by atoms with Crippen LogP contribution in [0.5, 0.6) is 0 Å². The minimum absolute atomic E-state index is 0.128. The largest absolute Gasteiger partial charge is 0.297 e. The summed E-state index contributed by atoms with van der Waals surface area (Å²) in [5.74, 6) is 0. The summed E-state index contributed by atoms with van der Waals surface area (Å²) in [6.07, 6.45) is 34.7. The van der Waals surface area contributed by atoms with Crippen LogP contribution in [0.2, 0.25) is 0 Å². The van der Waals surface area contributed by atoms with Gasteiger partial charge in [-0.25, -0.2) is 0 Å². The lowest BCUT2D eigenvalue weighted by Gasteiger charge is -2.29. The average molecular weight is 717 g/mol. The van der Waals surface area contributed by atoms with Gasteiger partial charge in [-0.1, -0.05) is 217 Å². The van der Waals surface area contributed by atoms with Gasteiger partial charge in [-0.05, 0) is 83.2 Å². The summed E-state index contributed by atoms with van der Waals surface area (Å²) >= 11 is 0.